The molecule has 0 spiro atoms. The second kappa shape index (κ2) is 12.5. The summed E-state index contributed by atoms with van der Waals surface area (Å²) in [5.74, 6) is 0. The van der Waals surface area contributed by atoms with Gasteiger partial charge < -0.3 is 0 Å². The summed E-state index contributed by atoms with van der Waals surface area (Å²) in [5.41, 5.74) is 6.20. The average molecular weight is 873 g/mol. The van der Waals surface area contributed by atoms with E-state index in [-0.39, 0.29) is 26.7 Å². The van der Waals surface area contributed by atoms with Gasteiger partial charge in [-0.05, 0) is 95.1 Å². The first-order valence-electron chi connectivity index (χ1n) is 18.4. The van der Waals surface area contributed by atoms with Crippen molar-refractivity contribution in [2.45, 2.75) is 21.6 Å². The molecule has 61 heavy (non-hydrogen) atoms. The highest BCUT2D eigenvalue weighted by Gasteiger charge is 2.31. The number of benzene rings is 7. The third-order valence-corrected chi connectivity index (χ3v) is 13.5. The van der Waals surface area contributed by atoms with E-state index in [1.54, 1.807) is 93.8 Å². The molecule has 0 radical (unpaired) electrons. The van der Waals surface area contributed by atoms with E-state index in [0.29, 0.717) is 44.3 Å². The van der Waals surface area contributed by atoms with E-state index in [4.69, 9.17) is 0 Å². The lowest BCUT2D eigenvalue weighted by molar-refractivity contribution is 0.480. The van der Waals surface area contributed by atoms with Crippen molar-refractivity contribution >= 4 is 97.5 Å². The maximum absolute atomic E-state index is 12.7. The van der Waals surface area contributed by atoms with Gasteiger partial charge in [0, 0.05) is 10.8 Å². The summed E-state index contributed by atoms with van der Waals surface area (Å²) in [7, 11) is -13.8. The van der Waals surface area contributed by atoms with E-state index in [9.17, 15) is 38.9 Å². The first kappa shape index (κ1) is 37.0. The number of fused-ring (bicyclic) bond motifs is 12. The number of aryl methyl sites for hydroxylation is 1. The van der Waals surface area contributed by atoms with Gasteiger partial charge in [0.05, 0.1) is 22.0 Å². The van der Waals surface area contributed by atoms with Gasteiger partial charge in [-0.25, -0.2) is 0 Å². The molecule has 304 valence electrons. The SMILES string of the molecule is Cc1cc(-n2n3c4ccc5cc(S(=O)(=O)O)ccc5c4n23)c(S(=O)(=O)O)cc1N=Nc1ccc(C=Cc2ccc(-n3n4c5ccc6ccccc6c5n34)cc2S(=O)(=O)O)cc1. The number of hydrogen-bond donors (Lipinski definition) is 3. The van der Waals surface area contributed by atoms with Gasteiger partial charge in [-0.1, -0.05) is 72.8 Å². The fourth-order valence-electron chi connectivity index (χ4n) is 7.89. The topological polar surface area (TPSA) is 215 Å². The monoisotopic (exact) mass is 872 g/mol. The molecule has 7 aromatic carbocycles. The molecule has 0 fully saturated rings. The Morgan fingerprint density at radius 2 is 1.20 bits per heavy atom. The highest BCUT2D eigenvalue weighted by molar-refractivity contribution is 7.86. The summed E-state index contributed by atoms with van der Waals surface area (Å²) >= 11 is 0. The molecule has 0 aliphatic heterocycles. The molecule has 4 heterocycles. The van der Waals surface area contributed by atoms with E-state index in [1.165, 1.54) is 24.3 Å². The molecule has 0 unspecified atom stereocenters. The summed E-state index contributed by atoms with van der Waals surface area (Å²) in [5, 5.41) is 11.9. The lowest BCUT2D eigenvalue weighted by Gasteiger charge is -2.07. The molecule has 0 aliphatic rings. The van der Waals surface area contributed by atoms with Gasteiger partial charge in [0.15, 0.2) is 0 Å². The van der Waals surface area contributed by atoms with E-state index in [1.807, 2.05) is 50.5 Å². The Morgan fingerprint density at radius 3 is 1.90 bits per heavy atom. The zero-order valence-electron chi connectivity index (χ0n) is 31.3. The molecular formula is C41H28N8O9S3. The Kier molecular flexibility index (Phi) is 7.57. The third kappa shape index (κ3) is 5.79. The Hall–Kier alpha value is -7.07. The van der Waals surface area contributed by atoms with Crippen LogP contribution >= 0.6 is 0 Å². The predicted octanol–water partition coefficient (Wildman–Crippen LogP) is 8.10. The van der Waals surface area contributed by atoms with Crippen LogP contribution in [0, 0.1) is 6.92 Å². The van der Waals surface area contributed by atoms with Gasteiger partial charge in [0.1, 0.15) is 37.5 Å². The minimum Gasteiger partial charge on any atom is -0.282 e. The number of nitrogens with zero attached hydrogens (tertiary/aromatic N) is 8. The third-order valence-electron chi connectivity index (χ3n) is 10.9. The van der Waals surface area contributed by atoms with Crippen LogP contribution in [-0.2, 0) is 30.4 Å². The minimum absolute atomic E-state index is 0.146. The summed E-state index contributed by atoms with van der Waals surface area (Å²) in [6, 6.07) is 34.0. The Balaban J connectivity index is 0.854. The highest BCUT2D eigenvalue weighted by Crippen LogP contribution is 2.38. The standard InChI is InChI=1S/C41H28N8O9S3/c1-24-20-37(47-46-36-19-12-28-21-31(59(50,51)52)16-17-33(28)41(36)49(46)47)39(61(56,57)58)23-34(24)43-42-29-13-7-25(8-14-29)6-9-27-10-15-30(22-38(27)60(53,54)55)44-45-35-18-11-26-4-2-3-5-32(26)40(35)48(44)45/h2-23H,1H3,(H,50,51,52)(H,53,54,55)(H,56,57,58). The van der Waals surface area contributed by atoms with Gasteiger partial charge >= 0.3 is 0 Å². The van der Waals surface area contributed by atoms with Crippen molar-refractivity contribution in [1.82, 2.24) is 28.1 Å². The fourth-order valence-corrected chi connectivity index (χ4v) is 9.78. The van der Waals surface area contributed by atoms with E-state index < -0.39 is 35.2 Å². The molecule has 17 nitrogen and oxygen atoms in total. The van der Waals surface area contributed by atoms with Crippen LogP contribution in [0.4, 0.5) is 11.4 Å². The Morgan fingerprint density at radius 1 is 0.541 bits per heavy atom. The number of azo groups is 1. The van der Waals surface area contributed by atoms with Gasteiger partial charge in [0.25, 0.3) is 30.4 Å². The van der Waals surface area contributed by atoms with Gasteiger partial charge in [0.2, 0.25) is 0 Å². The van der Waals surface area contributed by atoms with Crippen LogP contribution < -0.4 is 0 Å². The number of aromatic nitrogens is 6. The maximum atomic E-state index is 12.7. The molecule has 11 rings (SSSR count). The molecule has 0 bridgehead atoms. The highest BCUT2D eigenvalue weighted by atomic mass is 32.2. The molecule has 20 heteroatoms. The molecule has 0 amide bonds. The van der Waals surface area contributed by atoms with Crippen molar-refractivity contribution in [3.8, 4) is 11.4 Å². The number of hydrogen-bond acceptors (Lipinski definition) is 8. The van der Waals surface area contributed by atoms with Crippen LogP contribution in [0.25, 0.3) is 67.1 Å². The first-order chi connectivity index (χ1) is 29.1. The van der Waals surface area contributed by atoms with Crippen LogP contribution in [-0.4, -0.2) is 67.0 Å². The minimum atomic E-state index is -4.76. The van der Waals surface area contributed by atoms with Crippen molar-refractivity contribution in [2.24, 2.45) is 10.2 Å². The van der Waals surface area contributed by atoms with Crippen LogP contribution in [0.5, 0.6) is 0 Å². The molecule has 0 saturated heterocycles. The summed E-state index contributed by atoms with van der Waals surface area (Å²) in [4.78, 5) is 2.44. The Labute approximate surface area is 344 Å². The molecule has 4 aromatic heterocycles. The average Bonchev–Trinajstić information content (AvgIpc) is 4.08. The van der Waals surface area contributed by atoms with Gasteiger partial charge in [-0.3, -0.25) is 13.7 Å². The van der Waals surface area contributed by atoms with Crippen molar-refractivity contribution in [3.05, 3.63) is 138 Å². The second-order valence-electron chi connectivity index (χ2n) is 14.6. The van der Waals surface area contributed by atoms with Crippen molar-refractivity contribution in [2.75, 3.05) is 0 Å². The predicted molar refractivity (Wildman–Crippen MR) is 226 cm³/mol. The summed E-state index contributed by atoms with van der Waals surface area (Å²) in [6.45, 7) is 1.71. The van der Waals surface area contributed by atoms with Crippen LogP contribution in [0.3, 0.4) is 0 Å². The zero-order valence-corrected chi connectivity index (χ0v) is 33.7. The van der Waals surface area contributed by atoms with Crippen molar-refractivity contribution < 1.29 is 38.9 Å². The summed E-state index contributed by atoms with van der Waals surface area (Å²) in [6.07, 6.45) is 3.27. The largest absolute Gasteiger partial charge is 0.296 e. The Bertz CT molecular complexity index is 4030. The molecule has 3 N–H and O–H groups in total. The quantitative estimate of drug-likeness (QED) is 0.0725. The molecule has 0 saturated carbocycles. The smallest absolute Gasteiger partial charge is 0.282 e. The van der Waals surface area contributed by atoms with Crippen molar-refractivity contribution in [3.63, 3.8) is 0 Å². The lowest BCUT2D eigenvalue weighted by atomic mass is 10.1. The first-order valence-corrected chi connectivity index (χ1v) is 22.7. The normalized spacial score (nSPS) is 13.5. The van der Waals surface area contributed by atoms with E-state index in [0.717, 1.165) is 21.8 Å². The fraction of sp³-hybridized carbons (Fsp3) is 0.0244. The van der Waals surface area contributed by atoms with Gasteiger partial charge in [-0.2, -0.15) is 40.3 Å². The summed E-state index contributed by atoms with van der Waals surface area (Å²) < 4.78 is 111. The maximum Gasteiger partial charge on any atom is 0.296 e. The van der Waals surface area contributed by atoms with Crippen LogP contribution in [0.15, 0.2) is 146 Å². The second-order valence-corrected chi connectivity index (χ2v) is 18.8. The van der Waals surface area contributed by atoms with Gasteiger partial charge in [-0.15, -0.1) is 23.3 Å². The van der Waals surface area contributed by atoms with Crippen LogP contribution in [0.1, 0.15) is 16.7 Å². The molecule has 0 atom stereocenters. The van der Waals surface area contributed by atoms with E-state index >= 15 is 0 Å². The molecule has 11 aromatic rings. The zero-order chi connectivity index (χ0) is 42.3. The molecular weight excluding hydrogens is 845 g/mol. The number of rotatable bonds is 9. The van der Waals surface area contributed by atoms with Crippen molar-refractivity contribution in [1.29, 1.82) is 0 Å². The lowest BCUT2D eigenvalue weighted by Crippen LogP contribution is -2.04. The van der Waals surface area contributed by atoms with E-state index in [2.05, 4.69) is 10.2 Å². The van der Waals surface area contributed by atoms with Crippen LogP contribution in [0.2, 0.25) is 0 Å². The molecule has 0 aliphatic carbocycles.